The third kappa shape index (κ3) is 4.88. The van der Waals surface area contributed by atoms with Crippen LogP contribution in [0.15, 0.2) is 42.5 Å². The first-order valence-corrected chi connectivity index (χ1v) is 11.4. The standard InChI is InChI=1S/C27H36N2O2/c1-20(2)27(19-28,23-12-14-25(30-4)26(18-23)31-5)15-8-16-29(3)24-13-11-21-9-6-7-10-22(21)17-24/h6-7,9-10,12,14,18,20,24H,8,11,13,15-17H2,1-5H3/t24-,27+/m1/s1. The number of aryl methyl sites for hydroxylation is 1. The molecule has 3 rings (SSSR count). The van der Waals surface area contributed by atoms with Gasteiger partial charge in [-0.2, -0.15) is 5.26 Å². The molecular formula is C27H36N2O2. The predicted octanol–water partition coefficient (Wildman–Crippen LogP) is 5.39. The van der Waals surface area contributed by atoms with Crippen LogP contribution in [0, 0.1) is 17.2 Å². The van der Waals surface area contributed by atoms with Gasteiger partial charge in [0.25, 0.3) is 0 Å². The van der Waals surface area contributed by atoms with Gasteiger partial charge in [-0.15, -0.1) is 0 Å². The smallest absolute Gasteiger partial charge is 0.161 e. The van der Waals surface area contributed by atoms with Gasteiger partial charge in [-0.3, -0.25) is 0 Å². The molecule has 0 fully saturated rings. The lowest BCUT2D eigenvalue weighted by Gasteiger charge is -2.35. The molecule has 0 bridgehead atoms. The van der Waals surface area contributed by atoms with Crippen molar-refractivity contribution in [2.45, 2.75) is 57.4 Å². The molecule has 0 spiro atoms. The van der Waals surface area contributed by atoms with Gasteiger partial charge in [0.05, 0.1) is 25.7 Å². The predicted molar refractivity (Wildman–Crippen MR) is 126 cm³/mol. The van der Waals surface area contributed by atoms with Crippen molar-refractivity contribution in [1.82, 2.24) is 4.90 Å². The van der Waals surface area contributed by atoms with Crippen LogP contribution in [0.4, 0.5) is 0 Å². The van der Waals surface area contributed by atoms with Gasteiger partial charge in [0.2, 0.25) is 0 Å². The molecule has 1 aliphatic carbocycles. The van der Waals surface area contributed by atoms with Gasteiger partial charge >= 0.3 is 0 Å². The van der Waals surface area contributed by atoms with Crippen LogP contribution in [0.3, 0.4) is 0 Å². The van der Waals surface area contributed by atoms with Crippen LogP contribution in [0.25, 0.3) is 0 Å². The lowest BCUT2D eigenvalue weighted by atomic mass is 9.69. The second-order valence-corrected chi connectivity index (χ2v) is 9.06. The SMILES string of the molecule is COc1ccc([C@](C#N)(CCCN(C)[C@@H]2CCc3ccccc3C2)C(C)C)cc1OC. The van der Waals surface area contributed by atoms with Crippen LogP contribution in [0.2, 0.25) is 0 Å². The summed E-state index contributed by atoms with van der Waals surface area (Å²) in [5.74, 6) is 1.57. The minimum Gasteiger partial charge on any atom is -0.493 e. The molecule has 0 saturated carbocycles. The van der Waals surface area contributed by atoms with Crippen LogP contribution in [0.1, 0.15) is 49.8 Å². The van der Waals surface area contributed by atoms with Crippen molar-refractivity contribution in [1.29, 1.82) is 5.26 Å². The van der Waals surface area contributed by atoms with Crippen LogP contribution < -0.4 is 9.47 Å². The third-order valence-electron chi connectivity index (χ3n) is 7.11. The summed E-state index contributed by atoms with van der Waals surface area (Å²) in [6.45, 7) is 5.28. The van der Waals surface area contributed by atoms with Gasteiger partial charge in [0, 0.05) is 6.04 Å². The molecule has 0 N–H and O–H groups in total. The lowest BCUT2D eigenvalue weighted by molar-refractivity contribution is 0.209. The van der Waals surface area contributed by atoms with Crippen LogP contribution in [0.5, 0.6) is 11.5 Å². The number of nitriles is 1. The van der Waals surface area contributed by atoms with Crippen molar-refractivity contribution < 1.29 is 9.47 Å². The molecule has 4 heteroatoms. The molecule has 4 nitrogen and oxygen atoms in total. The molecule has 31 heavy (non-hydrogen) atoms. The summed E-state index contributed by atoms with van der Waals surface area (Å²) in [6.07, 6.45) is 5.29. The first-order chi connectivity index (χ1) is 14.9. The number of ether oxygens (including phenoxy) is 2. The first-order valence-electron chi connectivity index (χ1n) is 11.4. The Balaban J connectivity index is 1.69. The zero-order valence-corrected chi connectivity index (χ0v) is 19.6. The van der Waals surface area contributed by atoms with Gasteiger partial charge in [-0.25, -0.2) is 0 Å². The average molecular weight is 421 g/mol. The van der Waals surface area contributed by atoms with Crippen LogP contribution in [-0.2, 0) is 18.3 Å². The fourth-order valence-corrected chi connectivity index (χ4v) is 4.97. The Bertz CT molecular complexity index is 918. The molecule has 2 atom stereocenters. The van der Waals surface area contributed by atoms with E-state index in [0.29, 0.717) is 17.5 Å². The van der Waals surface area contributed by atoms with Crippen molar-refractivity contribution >= 4 is 0 Å². The number of rotatable bonds is 9. The molecular weight excluding hydrogens is 384 g/mol. The summed E-state index contributed by atoms with van der Waals surface area (Å²) in [5, 5.41) is 10.3. The monoisotopic (exact) mass is 420 g/mol. The zero-order valence-electron chi connectivity index (χ0n) is 19.6. The van der Waals surface area contributed by atoms with Crippen LogP contribution >= 0.6 is 0 Å². The number of hydrogen-bond acceptors (Lipinski definition) is 4. The number of benzene rings is 2. The van der Waals surface area contributed by atoms with Gasteiger partial charge in [0.15, 0.2) is 11.5 Å². The van der Waals surface area contributed by atoms with Gasteiger partial charge < -0.3 is 14.4 Å². The van der Waals surface area contributed by atoms with Crippen molar-refractivity contribution in [2.24, 2.45) is 5.92 Å². The second-order valence-electron chi connectivity index (χ2n) is 9.06. The Morgan fingerprint density at radius 3 is 2.45 bits per heavy atom. The minimum atomic E-state index is -0.542. The molecule has 0 aromatic heterocycles. The molecule has 2 aromatic rings. The Morgan fingerprint density at radius 2 is 1.81 bits per heavy atom. The number of fused-ring (bicyclic) bond motifs is 1. The van der Waals surface area contributed by atoms with Gasteiger partial charge in [-0.1, -0.05) is 44.2 Å². The van der Waals surface area contributed by atoms with Crippen molar-refractivity contribution in [3.63, 3.8) is 0 Å². The maximum Gasteiger partial charge on any atom is 0.161 e. The van der Waals surface area contributed by atoms with E-state index in [1.54, 1.807) is 14.2 Å². The molecule has 166 valence electrons. The minimum absolute atomic E-state index is 0.197. The highest BCUT2D eigenvalue weighted by molar-refractivity contribution is 5.47. The topological polar surface area (TPSA) is 45.5 Å². The molecule has 0 amide bonds. The Labute approximate surface area is 187 Å². The highest BCUT2D eigenvalue weighted by Gasteiger charge is 2.36. The van der Waals surface area contributed by atoms with E-state index in [4.69, 9.17) is 9.47 Å². The fourth-order valence-electron chi connectivity index (χ4n) is 4.97. The fraction of sp³-hybridized carbons (Fsp3) is 0.519. The van der Waals surface area contributed by atoms with E-state index in [-0.39, 0.29) is 5.92 Å². The molecule has 0 unspecified atom stereocenters. The maximum absolute atomic E-state index is 10.3. The van der Waals surface area contributed by atoms with E-state index in [9.17, 15) is 5.26 Å². The van der Waals surface area contributed by atoms with Gasteiger partial charge in [-0.05, 0) is 80.4 Å². The van der Waals surface area contributed by atoms with Crippen molar-refractivity contribution in [2.75, 3.05) is 27.8 Å². The summed E-state index contributed by atoms with van der Waals surface area (Å²) < 4.78 is 10.9. The highest BCUT2D eigenvalue weighted by atomic mass is 16.5. The van der Waals surface area contributed by atoms with E-state index in [1.807, 2.05) is 18.2 Å². The normalized spacial score (nSPS) is 17.7. The molecule has 0 heterocycles. The summed E-state index contributed by atoms with van der Waals surface area (Å²) in [5.41, 5.74) is 3.46. The molecule has 2 aromatic carbocycles. The largest absolute Gasteiger partial charge is 0.493 e. The Morgan fingerprint density at radius 1 is 1.10 bits per heavy atom. The Hall–Kier alpha value is -2.51. The highest BCUT2D eigenvalue weighted by Crippen LogP contribution is 2.40. The average Bonchev–Trinajstić information content (AvgIpc) is 2.80. The molecule has 1 aliphatic rings. The summed E-state index contributed by atoms with van der Waals surface area (Å²) >= 11 is 0. The Kier molecular flexibility index (Phi) is 7.62. The lowest BCUT2D eigenvalue weighted by Crippen LogP contribution is -2.38. The zero-order chi connectivity index (χ0) is 22.4. The number of hydrogen-bond donors (Lipinski definition) is 0. The molecule has 0 aliphatic heterocycles. The van der Waals surface area contributed by atoms with E-state index < -0.39 is 5.41 Å². The van der Waals surface area contributed by atoms with E-state index >= 15 is 0 Å². The summed E-state index contributed by atoms with van der Waals surface area (Å²) in [6, 6.07) is 18.0. The second kappa shape index (κ2) is 10.2. The number of nitrogens with zero attached hydrogens (tertiary/aromatic N) is 2. The maximum atomic E-state index is 10.3. The number of likely N-dealkylation sites (N-methyl/N-ethyl adjacent to an activating group) is 1. The van der Waals surface area contributed by atoms with E-state index in [1.165, 1.54) is 17.5 Å². The van der Waals surface area contributed by atoms with Crippen molar-refractivity contribution in [3.05, 3.63) is 59.2 Å². The van der Waals surface area contributed by atoms with Gasteiger partial charge in [0.1, 0.15) is 0 Å². The summed E-state index contributed by atoms with van der Waals surface area (Å²) in [7, 11) is 5.51. The molecule has 0 radical (unpaired) electrons. The third-order valence-corrected chi connectivity index (χ3v) is 7.11. The summed E-state index contributed by atoms with van der Waals surface area (Å²) in [4.78, 5) is 2.49. The van der Waals surface area contributed by atoms with Crippen LogP contribution in [-0.4, -0.2) is 38.8 Å². The molecule has 0 saturated heterocycles. The van der Waals surface area contributed by atoms with E-state index in [2.05, 4.69) is 56.1 Å². The van der Waals surface area contributed by atoms with Crippen molar-refractivity contribution in [3.8, 4) is 17.6 Å². The number of methoxy groups -OCH3 is 2. The quantitative estimate of drug-likeness (QED) is 0.546. The van der Waals surface area contributed by atoms with E-state index in [0.717, 1.165) is 37.8 Å². The first kappa shape index (κ1) is 23.2.